The van der Waals surface area contributed by atoms with Crippen molar-refractivity contribution in [3.63, 3.8) is 0 Å². The van der Waals surface area contributed by atoms with Crippen LogP contribution in [0.5, 0.6) is 0 Å². The topological polar surface area (TPSA) is 65.5 Å². The quantitative estimate of drug-likeness (QED) is 0.714. The fourth-order valence-corrected chi connectivity index (χ4v) is 2.08. The standard InChI is InChI=1S/C12H17N3O2.C2H6.Re/c1-13-12(17)11-6-10-8-15(4-5-16)3-2-9(10)7-14-11;1-2;/h6-7,16H,2-5,8H2,1H3,(H,13,17);1-2H3;. The van der Waals surface area contributed by atoms with Crippen LogP contribution in [0.1, 0.15) is 35.5 Å². The molecule has 1 aromatic rings. The van der Waals surface area contributed by atoms with Gasteiger partial charge in [-0.2, -0.15) is 0 Å². The number of amides is 1. The minimum Gasteiger partial charge on any atom is -0.395 e. The van der Waals surface area contributed by atoms with Crippen molar-refractivity contribution in [2.75, 3.05) is 26.7 Å². The number of nitrogens with zero attached hydrogens (tertiary/aromatic N) is 2. The van der Waals surface area contributed by atoms with E-state index in [1.54, 1.807) is 13.2 Å². The summed E-state index contributed by atoms with van der Waals surface area (Å²) in [6, 6.07) is 1.84. The third-order valence-corrected chi connectivity index (χ3v) is 3.05. The normalized spacial score (nSPS) is 13.4. The summed E-state index contributed by atoms with van der Waals surface area (Å²) in [4.78, 5) is 17.8. The monoisotopic (exact) mass is 452 g/mol. The summed E-state index contributed by atoms with van der Waals surface area (Å²) in [7, 11) is 1.60. The third-order valence-electron chi connectivity index (χ3n) is 3.05. The Balaban J connectivity index is 0.00000115. The van der Waals surface area contributed by atoms with Crippen molar-refractivity contribution in [1.82, 2.24) is 15.2 Å². The minimum atomic E-state index is -0.160. The van der Waals surface area contributed by atoms with Crippen LogP contribution in [0.3, 0.4) is 0 Å². The van der Waals surface area contributed by atoms with Crippen molar-refractivity contribution in [1.29, 1.82) is 0 Å². The number of aliphatic hydroxyl groups excluding tert-OH is 1. The first-order valence-corrected chi connectivity index (χ1v) is 6.77. The molecule has 1 amide bonds. The zero-order valence-electron chi connectivity index (χ0n) is 12.3. The molecule has 113 valence electrons. The molecule has 6 heteroatoms. The van der Waals surface area contributed by atoms with Crippen molar-refractivity contribution in [2.45, 2.75) is 26.8 Å². The molecular formula is C14H23N3O2Re. The van der Waals surface area contributed by atoms with Crippen LogP contribution in [-0.2, 0) is 33.4 Å². The number of hydrogen-bond acceptors (Lipinski definition) is 4. The van der Waals surface area contributed by atoms with Crippen LogP contribution in [0.4, 0.5) is 0 Å². The van der Waals surface area contributed by atoms with E-state index < -0.39 is 0 Å². The maximum absolute atomic E-state index is 11.5. The van der Waals surface area contributed by atoms with E-state index >= 15 is 0 Å². The Hall–Kier alpha value is -0.798. The predicted octanol–water partition coefficient (Wildman–Crippen LogP) is 0.815. The summed E-state index contributed by atoms with van der Waals surface area (Å²) in [5.74, 6) is -0.160. The molecule has 5 nitrogen and oxygen atoms in total. The van der Waals surface area contributed by atoms with Gasteiger partial charge in [-0.15, -0.1) is 0 Å². The fourth-order valence-electron chi connectivity index (χ4n) is 2.08. The molecule has 0 aromatic carbocycles. The van der Waals surface area contributed by atoms with Crippen LogP contribution in [0.15, 0.2) is 12.3 Å². The molecule has 0 fully saturated rings. The van der Waals surface area contributed by atoms with Crippen molar-refractivity contribution in [3.8, 4) is 0 Å². The Kier molecular flexibility index (Phi) is 9.61. The number of rotatable bonds is 3. The number of carbonyl (C=O) groups excluding carboxylic acids is 1. The summed E-state index contributed by atoms with van der Waals surface area (Å²) in [5, 5.41) is 11.5. The summed E-state index contributed by atoms with van der Waals surface area (Å²) in [6.45, 7) is 6.57. The maximum atomic E-state index is 11.5. The van der Waals surface area contributed by atoms with Crippen molar-refractivity contribution < 1.29 is 30.3 Å². The predicted molar refractivity (Wildman–Crippen MR) is 75.0 cm³/mol. The van der Waals surface area contributed by atoms with E-state index in [0.29, 0.717) is 12.2 Å². The molecule has 1 aliphatic heterocycles. The average Bonchev–Trinajstić information content (AvgIpc) is 2.48. The van der Waals surface area contributed by atoms with Gasteiger partial charge in [0.25, 0.3) is 5.91 Å². The number of pyridine rings is 1. The van der Waals surface area contributed by atoms with Crippen LogP contribution >= 0.6 is 0 Å². The van der Waals surface area contributed by atoms with Gasteiger partial charge in [-0.3, -0.25) is 14.7 Å². The number of carbonyl (C=O) groups is 1. The SMILES string of the molecule is CC.CNC(=O)c1cc2c(cn1)CCN(CCO)C2.[Re]. The number of β-amino-alcohol motifs (C(OH)–C–C–N with tert-alkyl or cyclic N) is 1. The van der Waals surface area contributed by atoms with Crippen molar-refractivity contribution in [3.05, 3.63) is 29.1 Å². The largest absolute Gasteiger partial charge is 0.395 e. The molecule has 0 unspecified atom stereocenters. The van der Waals surface area contributed by atoms with Crippen molar-refractivity contribution >= 4 is 5.91 Å². The van der Waals surface area contributed by atoms with Gasteiger partial charge in [-0.1, -0.05) is 13.8 Å². The molecule has 1 radical (unpaired) electrons. The summed E-state index contributed by atoms with van der Waals surface area (Å²) in [5.41, 5.74) is 2.79. The number of aliphatic hydroxyl groups is 1. The first-order valence-electron chi connectivity index (χ1n) is 6.77. The van der Waals surface area contributed by atoms with Gasteiger partial charge in [0.1, 0.15) is 5.69 Å². The summed E-state index contributed by atoms with van der Waals surface area (Å²) < 4.78 is 0. The Bertz CT molecular complexity index is 427. The summed E-state index contributed by atoms with van der Waals surface area (Å²) >= 11 is 0. The van der Waals surface area contributed by atoms with Gasteiger partial charge >= 0.3 is 0 Å². The molecule has 2 N–H and O–H groups in total. The third kappa shape index (κ3) is 4.95. The molecule has 0 bridgehead atoms. The van der Waals surface area contributed by atoms with Crippen LogP contribution in [0.2, 0.25) is 0 Å². The van der Waals surface area contributed by atoms with Crippen LogP contribution in [-0.4, -0.2) is 47.6 Å². The second-order valence-electron chi connectivity index (χ2n) is 4.17. The van der Waals surface area contributed by atoms with E-state index in [4.69, 9.17) is 5.11 Å². The van der Waals surface area contributed by atoms with E-state index in [-0.39, 0.29) is 32.9 Å². The second kappa shape index (κ2) is 10.0. The molecule has 2 heterocycles. The molecule has 0 atom stereocenters. The molecular weight excluding hydrogens is 428 g/mol. The average molecular weight is 452 g/mol. The van der Waals surface area contributed by atoms with E-state index in [2.05, 4.69) is 15.2 Å². The molecule has 0 saturated heterocycles. The van der Waals surface area contributed by atoms with Crippen LogP contribution in [0.25, 0.3) is 0 Å². The van der Waals surface area contributed by atoms with Gasteiger partial charge < -0.3 is 10.4 Å². The van der Waals surface area contributed by atoms with E-state index in [1.807, 2.05) is 19.9 Å². The molecule has 20 heavy (non-hydrogen) atoms. The zero-order valence-corrected chi connectivity index (χ0v) is 15.0. The Morgan fingerprint density at radius 2 is 2.15 bits per heavy atom. The molecule has 0 spiro atoms. The van der Waals surface area contributed by atoms with Gasteiger partial charge in [0.2, 0.25) is 0 Å². The first-order chi connectivity index (χ1) is 9.24. The maximum Gasteiger partial charge on any atom is 0.269 e. The van der Waals surface area contributed by atoms with E-state index in [9.17, 15) is 4.79 Å². The van der Waals surface area contributed by atoms with E-state index in [0.717, 1.165) is 25.1 Å². The van der Waals surface area contributed by atoms with Crippen molar-refractivity contribution in [2.24, 2.45) is 0 Å². The first kappa shape index (κ1) is 19.2. The number of fused-ring (bicyclic) bond motifs is 1. The van der Waals surface area contributed by atoms with Gasteiger partial charge in [0.15, 0.2) is 0 Å². The van der Waals surface area contributed by atoms with Gasteiger partial charge in [0, 0.05) is 53.3 Å². The van der Waals surface area contributed by atoms with Gasteiger partial charge in [-0.05, 0) is 23.6 Å². The number of nitrogens with one attached hydrogen (secondary N) is 1. The molecule has 0 aliphatic carbocycles. The smallest absolute Gasteiger partial charge is 0.269 e. The molecule has 0 saturated carbocycles. The van der Waals surface area contributed by atoms with E-state index in [1.165, 1.54) is 5.56 Å². The molecule has 2 rings (SSSR count). The minimum absolute atomic E-state index is 0. The van der Waals surface area contributed by atoms with Gasteiger partial charge in [-0.25, -0.2) is 0 Å². The Labute approximate surface area is 134 Å². The molecule has 1 aliphatic rings. The molecule has 1 aromatic heterocycles. The number of hydrogen-bond donors (Lipinski definition) is 2. The Morgan fingerprint density at radius 3 is 2.75 bits per heavy atom. The fraction of sp³-hybridized carbons (Fsp3) is 0.571. The van der Waals surface area contributed by atoms with Crippen LogP contribution in [0, 0.1) is 0 Å². The second-order valence-corrected chi connectivity index (χ2v) is 4.17. The zero-order chi connectivity index (χ0) is 14.3. The Morgan fingerprint density at radius 1 is 1.45 bits per heavy atom. The summed E-state index contributed by atoms with van der Waals surface area (Å²) in [6.07, 6.45) is 2.71. The number of aromatic nitrogens is 1. The van der Waals surface area contributed by atoms with Gasteiger partial charge in [0.05, 0.1) is 6.61 Å². The van der Waals surface area contributed by atoms with Crippen LogP contribution < -0.4 is 5.32 Å².